The molecule has 1 aromatic heterocycles. The molecule has 2 aliphatic rings. The van der Waals surface area contributed by atoms with Crippen molar-refractivity contribution in [2.24, 2.45) is 4.99 Å². The van der Waals surface area contributed by atoms with Gasteiger partial charge in [-0.15, -0.1) is 0 Å². The summed E-state index contributed by atoms with van der Waals surface area (Å²) in [5, 5.41) is 2.29. The van der Waals surface area contributed by atoms with E-state index in [1.165, 1.54) is 11.3 Å². The predicted molar refractivity (Wildman–Crippen MR) is 187 cm³/mol. The molecule has 0 saturated carbocycles. The minimum atomic E-state index is -0.763. The lowest BCUT2D eigenvalue weighted by atomic mass is 9.95. The molecule has 0 amide bonds. The van der Waals surface area contributed by atoms with Crippen molar-refractivity contribution >= 4 is 56.7 Å². The maximum atomic E-state index is 14.1. The average molecular weight is 761 g/mol. The van der Waals surface area contributed by atoms with Crippen LogP contribution in [0.1, 0.15) is 36.6 Å². The van der Waals surface area contributed by atoms with E-state index in [1.807, 2.05) is 42.5 Å². The standard InChI is InChI=1S/C36H29IN2O7S/c1-4-43-35(41)31-20(2)38-36-39(32(31)23-12-13-27-28(17-23)46-19-45-27)34(40)30(47-36)16-21-14-26(37)33(29(15-21)42-3)44-18-24-10-7-9-22-8-5-6-11-25(22)24/h5-17,32H,4,18-19H2,1-3H3/b30-16-. The summed E-state index contributed by atoms with van der Waals surface area (Å²) in [7, 11) is 1.60. The van der Waals surface area contributed by atoms with Crippen molar-refractivity contribution in [3.63, 3.8) is 0 Å². The van der Waals surface area contributed by atoms with Gasteiger partial charge in [0.1, 0.15) is 6.61 Å². The number of benzene rings is 4. The summed E-state index contributed by atoms with van der Waals surface area (Å²) in [6, 6.07) is 22.8. The van der Waals surface area contributed by atoms with E-state index in [9.17, 15) is 9.59 Å². The third-order valence-corrected chi connectivity index (χ3v) is 9.82. The van der Waals surface area contributed by atoms with Crippen LogP contribution in [0, 0.1) is 3.57 Å². The number of halogens is 1. The van der Waals surface area contributed by atoms with E-state index in [2.05, 4.69) is 51.8 Å². The van der Waals surface area contributed by atoms with Gasteiger partial charge >= 0.3 is 5.97 Å². The number of aromatic nitrogens is 1. The third kappa shape index (κ3) is 5.78. The zero-order valence-corrected chi connectivity index (χ0v) is 28.7. The number of allylic oxidation sites excluding steroid dienone is 1. The number of esters is 1. The number of carbonyl (C=O) groups is 1. The highest BCUT2D eigenvalue weighted by Crippen LogP contribution is 2.39. The molecule has 47 heavy (non-hydrogen) atoms. The molecule has 0 radical (unpaired) electrons. The van der Waals surface area contributed by atoms with Crippen molar-refractivity contribution in [2.75, 3.05) is 20.5 Å². The topological polar surface area (TPSA) is 97.6 Å². The normalized spacial score (nSPS) is 15.4. The summed E-state index contributed by atoms with van der Waals surface area (Å²) in [5.74, 6) is 1.80. The average Bonchev–Trinajstić information content (AvgIpc) is 3.66. The van der Waals surface area contributed by atoms with Gasteiger partial charge in [0.25, 0.3) is 5.56 Å². The molecular formula is C36H29IN2O7S. The summed E-state index contributed by atoms with van der Waals surface area (Å²) < 4.78 is 31.4. The molecule has 0 fully saturated rings. The first kappa shape index (κ1) is 31.0. The van der Waals surface area contributed by atoms with Gasteiger partial charge < -0.3 is 23.7 Å². The van der Waals surface area contributed by atoms with Crippen molar-refractivity contribution in [1.82, 2.24) is 4.57 Å². The number of ether oxygens (including phenoxy) is 5. The van der Waals surface area contributed by atoms with Crippen LogP contribution < -0.4 is 33.8 Å². The SMILES string of the molecule is CCOC(=O)C1=C(C)N=c2s/c(=C\c3cc(I)c(OCc4cccc5ccccc45)c(OC)c3)c(=O)n2C1c1ccc2c(c1)OCO2. The first-order chi connectivity index (χ1) is 22.9. The van der Waals surface area contributed by atoms with Crippen LogP contribution in [0.4, 0.5) is 0 Å². The van der Waals surface area contributed by atoms with E-state index >= 15 is 0 Å². The number of nitrogens with zero attached hydrogens (tertiary/aromatic N) is 2. The largest absolute Gasteiger partial charge is 0.493 e. The molecular weight excluding hydrogens is 731 g/mol. The highest BCUT2D eigenvalue weighted by atomic mass is 127. The highest BCUT2D eigenvalue weighted by molar-refractivity contribution is 14.1. The Kier molecular flexibility index (Phi) is 8.50. The van der Waals surface area contributed by atoms with Gasteiger partial charge in [-0.1, -0.05) is 59.9 Å². The fraction of sp³-hybridized carbons (Fsp3) is 0.194. The van der Waals surface area contributed by atoms with Gasteiger partial charge in [-0.2, -0.15) is 0 Å². The van der Waals surface area contributed by atoms with E-state index in [1.54, 1.807) is 37.7 Å². The summed E-state index contributed by atoms with van der Waals surface area (Å²) in [5.41, 5.74) is 3.02. The molecule has 1 atom stereocenters. The van der Waals surface area contributed by atoms with E-state index in [0.717, 1.165) is 25.5 Å². The number of hydrogen-bond donors (Lipinski definition) is 0. The molecule has 0 aliphatic carbocycles. The third-order valence-electron chi connectivity index (χ3n) is 8.03. The lowest BCUT2D eigenvalue weighted by Crippen LogP contribution is -2.39. The van der Waals surface area contributed by atoms with Gasteiger partial charge in [0.15, 0.2) is 27.8 Å². The Morgan fingerprint density at radius 2 is 1.89 bits per heavy atom. The lowest BCUT2D eigenvalue weighted by molar-refractivity contribution is -0.139. The molecule has 2 aliphatic heterocycles. The molecule has 0 saturated heterocycles. The Labute approximate surface area is 287 Å². The first-order valence-corrected chi connectivity index (χ1v) is 16.8. The van der Waals surface area contributed by atoms with Crippen LogP contribution in [0.15, 0.2) is 93.9 Å². The number of thiazole rings is 1. The second-order valence-corrected chi connectivity index (χ2v) is 13.0. The zero-order chi connectivity index (χ0) is 32.7. The van der Waals surface area contributed by atoms with E-state index in [-0.39, 0.29) is 19.0 Å². The van der Waals surface area contributed by atoms with Crippen LogP contribution in [-0.2, 0) is 16.1 Å². The van der Waals surface area contributed by atoms with Crippen molar-refractivity contribution in [1.29, 1.82) is 0 Å². The molecule has 3 heterocycles. The van der Waals surface area contributed by atoms with Crippen molar-refractivity contribution < 1.29 is 28.5 Å². The highest BCUT2D eigenvalue weighted by Gasteiger charge is 2.34. The van der Waals surface area contributed by atoms with Crippen LogP contribution in [0.3, 0.4) is 0 Å². The molecule has 0 bridgehead atoms. The predicted octanol–water partition coefficient (Wildman–Crippen LogP) is 5.87. The van der Waals surface area contributed by atoms with Gasteiger partial charge in [0.05, 0.1) is 39.1 Å². The molecule has 11 heteroatoms. The maximum absolute atomic E-state index is 14.1. The zero-order valence-electron chi connectivity index (χ0n) is 25.7. The van der Waals surface area contributed by atoms with Crippen LogP contribution in [0.5, 0.6) is 23.0 Å². The number of carbonyl (C=O) groups excluding carboxylic acids is 1. The van der Waals surface area contributed by atoms with Gasteiger partial charge in [-0.25, -0.2) is 9.79 Å². The second-order valence-electron chi connectivity index (χ2n) is 10.9. The van der Waals surface area contributed by atoms with Gasteiger partial charge in [0.2, 0.25) is 6.79 Å². The maximum Gasteiger partial charge on any atom is 0.338 e. The Bertz CT molecular complexity index is 2270. The molecule has 0 spiro atoms. The van der Waals surface area contributed by atoms with E-state index < -0.39 is 12.0 Å². The van der Waals surface area contributed by atoms with E-state index in [4.69, 9.17) is 23.7 Å². The summed E-state index contributed by atoms with van der Waals surface area (Å²) >= 11 is 3.48. The minimum Gasteiger partial charge on any atom is -0.493 e. The number of methoxy groups -OCH3 is 1. The van der Waals surface area contributed by atoms with Crippen LogP contribution in [0.2, 0.25) is 0 Å². The summed E-state index contributed by atoms with van der Waals surface area (Å²) in [6.07, 6.45) is 1.81. The number of hydrogen-bond acceptors (Lipinski definition) is 9. The quantitative estimate of drug-likeness (QED) is 0.144. The lowest BCUT2D eigenvalue weighted by Gasteiger charge is -2.24. The van der Waals surface area contributed by atoms with E-state index in [0.29, 0.717) is 55.8 Å². The Morgan fingerprint density at radius 1 is 1.09 bits per heavy atom. The smallest absolute Gasteiger partial charge is 0.338 e. The molecule has 5 aromatic rings. The molecule has 4 aromatic carbocycles. The van der Waals surface area contributed by atoms with Gasteiger partial charge in [-0.3, -0.25) is 9.36 Å². The van der Waals surface area contributed by atoms with Crippen molar-refractivity contribution in [2.45, 2.75) is 26.5 Å². The molecule has 0 N–H and O–H groups in total. The second kappa shape index (κ2) is 12.9. The fourth-order valence-corrected chi connectivity index (χ4v) is 7.70. The molecule has 9 nitrogen and oxygen atoms in total. The van der Waals surface area contributed by atoms with Crippen molar-refractivity contribution in [3.05, 3.63) is 124 Å². The van der Waals surface area contributed by atoms with Gasteiger partial charge in [-0.05, 0) is 94.2 Å². The van der Waals surface area contributed by atoms with Crippen LogP contribution in [-0.4, -0.2) is 31.0 Å². The Hall–Kier alpha value is -4.62. The van der Waals surface area contributed by atoms with Crippen LogP contribution in [0.25, 0.3) is 16.8 Å². The van der Waals surface area contributed by atoms with Crippen LogP contribution >= 0.6 is 33.9 Å². The number of fused-ring (bicyclic) bond motifs is 3. The minimum absolute atomic E-state index is 0.108. The monoisotopic (exact) mass is 760 g/mol. The first-order valence-electron chi connectivity index (χ1n) is 14.9. The molecule has 7 rings (SSSR count). The summed E-state index contributed by atoms with van der Waals surface area (Å²) in [6.45, 7) is 4.17. The number of rotatable bonds is 8. The fourth-order valence-electron chi connectivity index (χ4n) is 5.87. The molecule has 1 unspecified atom stereocenters. The van der Waals surface area contributed by atoms with Crippen molar-refractivity contribution in [3.8, 4) is 23.0 Å². The Balaban J connectivity index is 1.27. The summed E-state index contributed by atoms with van der Waals surface area (Å²) in [4.78, 5) is 32.5. The van der Waals surface area contributed by atoms with Gasteiger partial charge in [0, 0.05) is 0 Å². The molecule has 238 valence electrons. The Morgan fingerprint density at radius 3 is 2.72 bits per heavy atom.